The summed E-state index contributed by atoms with van der Waals surface area (Å²) >= 11 is 0. The smallest absolute Gasteiger partial charge is 0.0249 e. The van der Waals surface area contributed by atoms with Crippen LogP contribution >= 0.6 is 0 Å². The molecule has 172 valence electrons. The summed E-state index contributed by atoms with van der Waals surface area (Å²) in [4.78, 5) is 5.80. The van der Waals surface area contributed by atoms with Crippen molar-refractivity contribution in [1.82, 2.24) is 9.80 Å². The molecule has 2 unspecified atom stereocenters. The minimum atomic E-state index is 0.527. The van der Waals surface area contributed by atoms with Crippen molar-refractivity contribution in [3.05, 3.63) is 0 Å². The molecule has 2 heterocycles. The summed E-state index contributed by atoms with van der Waals surface area (Å²) in [5.41, 5.74) is 0.527. The highest BCUT2D eigenvalue weighted by molar-refractivity contribution is 4.93. The van der Waals surface area contributed by atoms with E-state index in [-0.39, 0.29) is 0 Å². The number of piperazine rings is 1. The molecule has 2 saturated heterocycles. The Morgan fingerprint density at radius 1 is 0.793 bits per heavy atom. The van der Waals surface area contributed by atoms with E-state index < -0.39 is 0 Å². The number of rotatable bonds is 13. The van der Waals surface area contributed by atoms with Gasteiger partial charge in [0, 0.05) is 31.7 Å². The van der Waals surface area contributed by atoms with E-state index in [4.69, 9.17) is 0 Å². The zero-order chi connectivity index (χ0) is 21.1. The molecule has 0 aliphatic carbocycles. The molecule has 2 aliphatic rings. The summed E-state index contributed by atoms with van der Waals surface area (Å²) in [6.45, 7) is 17.5. The SMILES string of the molecule is CCCCCCCC(CCCCCCC)N1CCN2CCC(C)(C)CC(C)C2C1. The predicted octanol–water partition coefficient (Wildman–Crippen LogP) is 7.52. The molecule has 0 aromatic rings. The summed E-state index contributed by atoms with van der Waals surface area (Å²) in [5.74, 6) is 0.838. The van der Waals surface area contributed by atoms with Crippen LogP contribution in [0.5, 0.6) is 0 Å². The molecule has 0 aromatic heterocycles. The number of unbranched alkanes of at least 4 members (excludes halogenated alkanes) is 8. The van der Waals surface area contributed by atoms with Gasteiger partial charge < -0.3 is 0 Å². The van der Waals surface area contributed by atoms with Gasteiger partial charge in [0.05, 0.1) is 0 Å². The van der Waals surface area contributed by atoms with Gasteiger partial charge >= 0.3 is 0 Å². The Morgan fingerprint density at radius 3 is 1.97 bits per heavy atom. The van der Waals surface area contributed by atoms with Crippen LogP contribution in [0.1, 0.15) is 125 Å². The van der Waals surface area contributed by atoms with Crippen molar-refractivity contribution in [2.75, 3.05) is 26.2 Å². The van der Waals surface area contributed by atoms with Gasteiger partial charge in [-0.05, 0) is 43.6 Å². The van der Waals surface area contributed by atoms with E-state index in [2.05, 4.69) is 44.4 Å². The van der Waals surface area contributed by atoms with Crippen LogP contribution in [-0.2, 0) is 0 Å². The average Bonchev–Trinajstić information content (AvgIpc) is 2.81. The molecule has 2 nitrogen and oxygen atoms in total. The van der Waals surface area contributed by atoms with Crippen LogP contribution in [0, 0.1) is 11.3 Å². The molecule has 2 rings (SSSR count). The highest BCUT2D eigenvalue weighted by Gasteiger charge is 2.38. The molecule has 0 bridgehead atoms. The van der Waals surface area contributed by atoms with Gasteiger partial charge in [-0.15, -0.1) is 0 Å². The van der Waals surface area contributed by atoms with Gasteiger partial charge in [-0.2, -0.15) is 0 Å². The van der Waals surface area contributed by atoms with Crippen molar-refractivity contribution < 1.29 is 0 Å². The molecule has 0 saturated carbocycles. The minimum absolute atomic E-state index is 0.527. The fourth-order valence-corrected chi connectivity index (χ4v) is 6.05. The van der Waals surface area contributed by atoms with Crippen LogP contribution in [0.25, 0.3) is 0 Å². The lowest BCUT2D eigenvalue weighted by molar-refractivity contribution is 0.0246. The average molecular weight is 407 g/mol. The summed E-state index contributed by atoms with van der Waals surface area (Å²) in [7, 11) is 0. The molecule has 2 heteroatoms. The molecule has 2 fully saturated rings. The first-order valence-corrected chi connectivity index (χ1v) is 13.4. The molecule has 0 amide bonds. The van der Waals surface area contributed by atoms with Crippen molar-refractivity contribution in [2.24, 2.45) is 11.3 Å². The molecule has 0 spiro atoms. The standard InChI is InChI=1S/C27H54N2/c1-6-8-10-12-14-16-25(17-15-13-11-9-7-2)29-21-20-28-19-18-27(4,5)22-24(3)26(28)23-29/h24-26H,6-23H2,1-5H3. The van der Waals surface area contributed by atoms with Crippen LogP contribution in [0.4, 0.5) is 0 Å². The van der Waals surface area contributed by atoms with E-state index >= 15 is 0 Å². The van der Waals surface area contributed by atoms with Gasteiger partial charge in [0.2, 0.25) is 0 Å². The number of fused-ring (bicyclic) bond motifs is 1. The maximum absolute atomic E-state index is 2.94. The number of hydrogen-bond donors (Lipinski definition) is 0. The number of hydrogen-bond acceptors (Lipinski definition) is 2. The van der Waals surface area contributed by atoms with Crippen LogP contribution in [0.3, 0.4) is 0 Å². The van der Waals surface area contributed by atoms with Crippen molar-refractivity contribution >= 4 is 0 Å². The Bertz CT molecular complexity index is 405. The third-order valence-electron chi connectivity index (χ3n) is 7.97. The lowest BCUT2D eigenvalue weighted by atomic mass is 9.80. The second kappa shape index (κ2) is 13.4. The van der Waals surface area contributed by atoms with E-state index in [1.165, 1.54) is 116 Å². The fraction of sp³-hybridized carbons (Fsp3) is 1.00. The van der Waals surface area contributed by atoms with E-state index in [9.17, 15) is 0 Å². The van der Waals surface area contributed by atoms with Crippen molar-refractivity contribution in [1.29, 1.82) is 0 Å². The molecule has 0 N–H and O–H groups in total. The van der Waals surface area contributed by atoms with Crippen LogP contribution in [0.2, 0.25) is 0 Å². The van der Waals surface area contributed by atoms with Crippen molar-refractivity contribution in [3.63, 3.8) is 0 Å². The monoisotopic (exact) mass is 406 g/mol. The summed E-state index contributed by atoms with van der Waals surface area (Å²) in [6, 6.07) is 1.65. The molecule has 29 heavy (non-hydrogen) atoms. The highest BCUT2D eigenvalue weighted by Crippen LogP contribution is 2.37. The second-order valence-corrected chi connectivity index (χ2v) is 11.3. The normalized spacial score (nSPS) is 25.9. The largest absolute Gasteiger partial charge is 0.298 e. The zero-order valence-electron chi connectivity index (χ0n) is 20.9. The zero-order valence-corrected chi connectivity index (χ0v) is 20.9. The third kappa shape index (κ3) is 8.90. The highest BCUT2D eigenvalue weighted by atomic mass is 15.3. The van der Waals surface area contributed by atoms with E-state index in [1.54, 1.807) is 0 Å². The van der Waals surface area contributed by atoms with Crippen LogP contribution < -0.4 is 0 Å². The first kappa shape index (κ1) is 25.2. The Balaban J connectivity index is 1.90. The fourth-order valence-electron chi connectivity index (χ4n) is 6.05. The maximum Gasteiger partial charge on any atom is 0.0249 e. The molecule has 2 atom stereocenters. The lowest BCUT2D eigenvalue weighted by Crippen LogP contribution is -2.57. The summed E-state index contributed by atoms with van der Waals surface area (Å²) in [5, 5.41) is 0. The summed E-state index contributed by atoms with van der Waals surface area (Å²) in [6.07, 6.45) is 20.0. The van der Waals surface area contributed by atoms with Gasteiger partial charge in [-0.3, -0.25) is 9.80 Å². The number of nitrogens with zero attached hydrogens (tertiary/aromatic N) is 2. The minimum Gasteiger partial charge on any atom is -0.298 e. The van der Waals surface area contributed by atoms with Crippen molar-refractivity contribution in [3.8, 4) is 0 Å². The van der Waals surface area contributed by atoms with E-state index in [0.717, 1.165) is 18.0 Å². The van der Waals surface area contributed by atoms with Gasteiger partial charge in [0.1, 0.15) is 0 Å². The molecule has 2 aliphatic heterocycles. The maximum atomic E-state index is 2.94. The molecular weight excluding hydrogens is 352 g/mol. The van der Waals surface area contributed by atoms with E-state index in [1.807, 2.05) is 0 Å². The van der Waals surface area contributed by atoms with Crippen LogP contribution in [-0.4, -0.2) is 48.1 Å². The quantitative estimate of drug-likeness (QED) is 0.292. The van der Waals surface area contributed by atoms with Gasteiger partial charge in [0.15, 0.2) is 0 Å². The predicted molar refractivity (Wildman–Crippen MR) is 130 cm³/mol. The van der Waals surface area contributed by atoms with Crippen molar-refractivity contribution in [2.45, 2.75) is 137 Å². The van der Waals surface area contributed by atoms with Gasteiger partial charge in [-0.1, -0.05) is 98.8 Å². The Kier molecular flexibility index (Phi) is 11.6. The molecular formula is C27H54N2. The van der Waals surface area contributed by atoms with Gasteiger partial charge in [-0.25, -0.2) is 0 Å². The second-order valence-electron chi connectivity index (χ2n) is 11.3. The molecule has 0 radical (unpaired) electrons. The first-order valence-electron chi connectivity index (χ1n) is 13.4. The van der Waals surface area contributed by atoms with Gasteiger partial charge in [0.25, 0.3) is 0 Å². The van der Waals surface area contributed by atoms with Crippen LogP contribution in [0.15, 0.2) is 0 Å². The summed E-state index contributed by atoms with van der Waals surface area (Å²) < 4.78 is 0. The lowest BCUT2D eigenvalue weighted by Gasteiger charge is -2.46. The molecule has 0 aromatic carbocycles. The third-order valence-corrected chi connectivity index (χ3v) is 7.97. The first-order chi connectivity index (χ1) is 14.0. The van der Waals surface area contributed by atoms with E-state index in [0.29, 0.717) is 5.41 Å². The topological polar surface area (TPSA) is 6.48 Å². The Hall–Kier alpha value is -0.0800. The Morgan fingerprint density at radius 2 is 1.38 bits per heavy atom. The Labute approximate surface area is 184 Å².